The molecule has 0 saturated carbocycles. The SMILES string of the molecule is CCNC(=NCCc1cccc(C(=O)N(C)C)c1)NC(C)c1cc(OC)ccc1OC.I. The molecule has 0 aliphatic carbocycles. The number of methoxy groups -OCH3 is 2. The molecule has 0 fully saturated rings. The molecule has 1 atom stereocenters. The van der Waals surface area contributed by atoms with E-state index in [1.54, 1.807) is 33.2 Å². The van der Waals surface area contributed by atoms with Gasteiger partial charge in [-0.2, -0.15) is 0 Å². The van der Waals surface area contributed by atoms with Gasteiger partial charge in [0.05, 0.1) is 20.3 Å². The minimum absolute atomic E-state index is 0. The molecule has 32 heavy (non-hydrogen) atoms. The number of hydrogen-bond donors (Lipinski definition) is 2. The summed E-state index contributed by atoms with van der Waals surface area (Å²) in [6.07, 6.45) is 0.738. The lowest BCUT2D eigenvalue weighted by atomic mass is 10.1. The van der Waals surface area contributed by atoms with Crippen LogP contribution < -0.4 is 20.1 Å². The van der Waals surface area contributed by atoms with Crippen molar-refractivity contribution in [2.45, 2.75) is 26.3 Å². The number of aliphatic imine (C=N–C) groups is 1. The Hall–Kier alpha value is -2.49. The van der Waals surface area contributed by atoms with Gasteiger partial charge in [-0.05, 0) is 56.2 Å². The monoisotopic (exact) mass is 554 g/mol. The number of nitrogens with zero attached hydrogens (tertiary/aromatic N) is 2. The van der Waals surface area contributed by atoms with Gasteiger partial charge in [0.15, 0.2) is 5.96 Å². The standard InChI is InChI=1S/C24H34N4O3.HI/c1-7-25-24(27-17(2)21-16-20(30-5)11-12-22(21)31-6)26-14-13-18-9-8-10-19(15-18)23(29)28(3)4;/h8-12,15-17H,7,13-14H2,1-6H3,(H2,25,26,27);1H. The van der Waals surface area contributed by atoms with Crippen molar-refractivity contribution in [2.24, 2.45) is 4.99 Å². The van der Waals surface area contributed by atoms with Crippen molar-refractivity contribution in [3.63, 3.8) is 0 Å². The first-order chi connectivity index (χ1) is 14.9. The molecular formula is C24H35IN4O3. The maximum atomic E-state index is 12.2. The molecule has 8 heteroatoms. The quantitative estimate of drug-likeness (QED) is 0.280. The summed E-state index contributed by atoms with van der Waals surface area (Å²) in [6, 6.07) is 13.4. The Bertz CT molecular complexity index is 903. The van der Waals surface area contributed by atoms with Crippen molar-refractivity contribution in [3.05, 3.63) is 59.2 Å². The smallest absolute Gasteiger partial charge is 0.253 e. The lowest BCUT2D eigenvalue weighted by molar-refractivity contribution is 0.0827. The number of carbonyl (C=O) groups excluding carboxylic acids is 1. The average Bonchev–Trinajstić information content (AvgIpc) is 2.78. The minimum atomic E-state index is -0.0381. The van der Waals surface area contributed by atoms with Crippen molar-refractivity contribution in [1.29, 1.82) is 0 Å². The molecule has 2 aromatic carbocycles. The van der Waals surface area contributed by atoms with E-state index in [0.717, 1.165) is 41.6 Å². The number of nitrogens with one attached hydrogen (secondary N) is 2. The summed E-state index contributed by atoms with van der Waals surface area (Å²) in [6.45, 7) is 5.43. The number of ether oxygens (including phenoxy) is 2. The molecule has 0 aliphatic rings. The first-order valence-electron chi connectivity index (χ1n) is 10.5. The first kappa shape index (κ1) is 27.5. The topological polar surface area (TPSA) is 75.2 Å². The van der Waals surface area contributed by atoms with Gasteiger partial charge in [0, 0.05) is 38.3 Å². The Morgan fingerprint density at radius 1 is 1.12 bits per heavy atom. The predicted molar refractivity (Wildman–Crippen MR) is 141 cm³/mol. The molecule has 176 valence electrons. The summed E-state index contributed by atoms with van der Waals surface area (Å²) in [5.74, 6) is 2.29. The molecule has 0 bridgehead atoms. The Morgan fingerprint density at radius 2 is 1.88 bits per heavy atom. The van der Waals surface area contributed by atoms with E-state index in [2.05, 4.69) is 17.6 Å². The van der Waals surface area contributed by atoms with Crippen LogP contribution in [0.25, 0.3) is 0 Å². The highest BCUT2D eigenvalue weighted by molar-refractivity contribution is 14.0. The van der Waals surface area contributed by atoms with E-state index in [0.29, 0.717) is 12.1 Å². The van der Waals surface area contributed by atoms with Gasteiger partial charge >= 0.3 is 0 Å². The van der Waals surface area contributed by atoms with Crippen LogP contribution in [0.5, 0.6) is 11.5 Å². The lowest BCUT2D eigenvalue weighted by Crippen LogP contribution is -2.39. The zero-order valence-corrected chi connectivity index (χ0v) is 22.1. The second kappa shape index (κ2) is 13.8. The maximum absolute atomic E-state index is 12.2. The zero-order valence-electron chi connectivity index (χ0n) is 19.8. The number of halogens is 1. The molecule has 1 unspecified atom stereocenters. The van der Waals surface area contributed by atoms with E-state index in [4.69, 9.17) is 14.5 Å². The molecule has 2 N–H and O–H groups in total. The van der Waals surface area contributed by atoms with E-state index < -0.39 is 0 Å². The van der Waals surface area contributed by atoms with Crippen LogP contribution >= 0.6 is 24.0 Å². The highest BCUT2D eigenvalue weighted by atomic mass is 127. The van der Waals surface area contributed by atoms with Crippen molar-refractivity contribution in [1.82, 2.24) is 15.5 Å². The van der Waals surface area contributed by atoms with Crippen molar-refractivity contribution >= 4 is 35.8 Å². The molecule has 2 aromatic rings. The number of benzene rings is 2. The largest absolute Gasteiger partial charge is 0.497 e. The Balaban J connectivity index is 0.00000512. The summed E-state index contributed by atoms with van der Waals surface area (Å²) < 4.78 is 10.9. The third-order valence-corrected chi connectivity index (χ3v) is 4.85. The molecule has 1 amide bonds. The molecule has 7 nitrogen and oxygen atoms in total. The van der Waals surface area contributed by atoms with Gasteiger partial charge in [0.2, 0.25) is 0 Å². The van der Waals surface area contributed by atoms with E-state index in [9.17, 15) is 4.79 Å². The number of rotatable bonds is 9. The fraction of sp³-hybridized carbons (Fsp3) is 0.417. The summed E-state index contributed by atoms with van der Waals surface area (Å²) in [5.41, 5.74) is 2.76. The van der Waals surface area contributed by atoms with Gasteiger partial charge in [-0.1, -0.05) is 12.1 Å². The fourth-order valence-electron chi connectivity index (χ4n) is 3.20. The first-order valence-corrected chi connectivity index (χ1v) is 10.5. The molecule has 0 spiro atoms. The van der Waals surface area contributed by atoms with Crippen LogP contribution in [0.3, 0.4) is 0 Å². The third-order valence-electron chi connectivity index (χ3n) is 4.85. The van der Waals surface area contributed by atoms with Crippen LogP contribution in [0.2, 0.25) is 0 Å². The molecule has 2 rings (SSSR count). The van der Waals surface area contributed by atoms with Crippen molar-refractivity contribution in [2.75, 3.05) is 41.4 Å². The van der Waals surface area contributed by atoms with E-state index >= 15 is 0 Å². The number of hydrogen-bond acceptors (Lipinski definition) is 4. The van der Waals surface area contributed by atoms with Gasteiger partial charge in [0.1, 0.15) is 11.5 Å². The fourth-order valence-corrected chi connectivity index (χ4v) is 3.20. The summed E-state index contributed by atoms with van der Waals surface area (Å²) in [7, 11) is 6.82. The van der Waals surface area contributed by atoms with E-state index in [1.165, 1.54) is 0 Å². The van der Waals surface area contributed by atoms with Crippen LogP contribution in [0.4, 0.5) is 0 Å². The Morgan fingerprint density at radius 3 is 2.50 bits per heavy atom. The van der Waals surface area contributed by atoms with Crippen LogP contribution in [0, 0.1) is 0 Å². The summed E-state index contributed by atoms with van der Waals surface area (Å²) in [4.78, 5) is 18.5. The van der Waals surface area contributed by atoms with Crippen LogP contribution in [-0.4, -0.2) is 58.2 Å². The van der Waals surface area contributed by atoms with Gasteiger partial charge in [-0.3, -0.25) is 9.79 Å². The van der Waals surface area contributed by atoms with Gasteiger partial charge < -0.3 is 25.0 Å². The van der Waals surface area contributed by atoms with E-state index in [-0.39, 0.29) is 35.9 Å². The molecular weight excluding hydrogens is 519 g/mol. The average molecular weight is 554 g/mol. The minimum Gasteiger partial charge on any atom is -0.497 e. The Kier molecular flexibility index (Phi) is 11.9. The van der Waals surface area contributed by atoms with Crippen LogP contribution in [-0.2, 0) is 6.42 Å². The number of guanidine groups is 1. The molecule has 0 saturated heterocycles. The molecule has 0 aliphatic heterocycles. The number of carbonyl (C=O) groups is 1. The highest BCUT2D eigenvalue weighted by Gasteiger charge is 2.14. The third kappa shape index (κ3) is 7.89. The lowest BCUT2D eigenvalue weighted by Gasteiger charge is -2.21. The van der Waals surface area contributed by atoms with Gasteiger partial charge in [-0.25, -0.2) is 0 Å². The highest BCUT2D eigenvalue weighted by Crippen LogP contribution is 2.29. The summed E-state index contributed by atoms with van der Waals surface area (Å²) in [5, 5.41) is 6.72. The zero-order chi connectivity index (χ0) is 22.8. The van der Waals surface area contributed by atoms with E-state index in [1.807, 2.05) is 49.4 Å². The van der Waals surface area contributed by atoms with Gasteiger partial charge in [0.25, 0.3) is 5.91 Å². The molecule has 0 heterocycles. The normalized spacial score (nSPS) is 11.8. The molecule has 0 radical (unpaired) electrons. The maximum Gasteiger partial charge on any atom is 0.253 e. The second-order valence-electron chi connectivity index (χ2n) is 7.38. The second-order valence-corrected chi connectivity index (χ2v) is 7.38. The van der Waals surface area contributed by atoms with Crippen molar-refractivity contribution in [3.8, 4) is 11.5 Å². The molecule has 0 aromatic heterocycles. The van der Waals surface area contributed by atoms with Crippen molar-refractivity contribution < 1.29 is 14.3 Å². The summed E-state index contributed by atoms with van der Waals surface area (Å²) >= 11 is 0. The predicted octanol–water partition coefficient (Wildman–Crippen LogP) is 3.88. The van der Waals surface area contributed by atoms with Gasteiger partial charge in [-0.15, -0.1) is 24.0 Å². The van der Waals surface area contributed by atoms with Crippen LogP contribution in [0.1, 0.15) is 41.4 Å². The van der Waals surface area contributed by atoms with Crippen LogP contribution in [0.15, 0.2) is 47.5 Å². The Labute approximate surface area is 208 Å². The number of amides is 1.